The molecule has 7 nitrogen and oxygen atoms in total. The smallest absolute Gasteiger partial charge is 0.270 e. The Kier molecular flexibility index (Phi) is 7.75. The van der Waals surface area contributed by atoms with Gasteiger partial charge in [-0.2, -0.15) is 0 Å². The van der Waals surface area contributed by atoms with E-state index in [1.165, 1.54) is 11.3 Å². The van der Waals surface area contributed by atoms with Crippen LogP contribution >= 0.6 is 11.3 Å². The Balaban J connectivity index is 1.96. The molecular weight excluding hydrogens is 388 g/mol. The van der Waals surface area contributed by atoms with E-state index in [2.05, 4.69) is 48.2 Å². The predicted octanol–water partition coefficient (Wildman–Crippen LogP) is 3.57. The van der Waals surface area contributed by atoms with Crippen LogP contribution in [0.25, 0.3) is 0 Å². The van der Waals surface area contributed by atoms with E-state index in [9.17, 15) is 14.7 Å². The number of hydrogen-bond acceptors (Lipinski definition) is 6. The van der Waals surface area contributed by atoms with Gasteiger partial charge >= 0.3 is 0 Å². The molecule has 1 aromatic heterocycles. The number of nitrogens with one attached hydrogen (secondary N) is 2. The van der Waals surface area contributed by atoms with E-state index in [1.807, 2.05) is 13.8 Å². The van der Waals surface area contributed by atoms with Crippen LogP contribution in [0.1, 0.15) is 59.7 Å². The summed E-state index contributed by atoms with van der Waals surface area (Å²) in [4.78, 5) is 31.3. The second kappa shape index (κ2) is 9.84. The van der Waals surface area contributed by atoms with Crippen molar-refractivity contribution in [3.63, 3.8) is 0 Å². The van der Waals surface area contributed by atoms with Gasteiger partial charge in [0.2, 0.25) is 0 Å². The van der Waals surface area contributed by atoms with Crippen LogP contribution in [0.15, 0.2) is 17.5 Å². The van der Waals surface area contributed by atoms with Crippen LogP contribution < -0.4 is 10.6 Å². The summed E-state index contributed by atoms with van der Waals surface area (Å²) < 4.78 is 0. The van der Waals surface area contributed by atoms with E-state index in [1.54, 1.807) is 17.5 Å². The van der Waals surface area contributed by atoms with E-state index < -0.39 is 5.91 Å². The molecule has 0 aliphatic carbocycles. The maximum absolute atomic E-state index is 12.4. The lowest BCUT2D eigenvalue weighted by Gasteiger charge is -2.30. The number of phenolic OH excluding ortho intramolecular Hbond substituents is 1. The first-order valence-corrected chi connectivity index (χ1v) is 10.6. The molecular formula is C21H30N4O3S. The SMILES string of the molecule is Cc1cc(O)c(C(=O)Nc2nc(C(=O)NCCN(C(C)C)C(C)C)cs2)cc1C. The van der Waals surface area contributed by atoms with Crippen LogP contribution in [0.2, 0.25) is 0 Å². The highest BCUT2D eigenvalue weighted by atomic mass is 32.1. The lowest BCUT2D eigenvalue weighted by Crippen LogP contribution is -2.42. The number of carbonyl (C=O) groups excluding carboxylic acids is 2. The van der Waals surface area contributed by atoms with Crippen molar-refractivity contribution in [2.45, 2.75) is 53.6 Å². The Labute approximate surface area is 176 Å². The molecule has 0 unspecified atom stereocenters. The molecule has 3 N–H and O–H groups in total. The number of thiazole rings is 1. The zero-order valence-electron chi connectivity index (χ0n) is 17.9. The third kappa shape index (κ3) is 6.01. The minimum Gasteiger partial charge on any atom is -0.507 e. The van der Waals surface area contributed by atoms with E-state index in [-0.39, 0.29) is 22.9 Å². The van der Waals surface area contributed by atoms with Crippen molar-refractivity contribution in [2.24, 2.45) is 0 Å². The fourth-order valence-electron chi connectivity index (χ4n) is 3.08. The maximum Gasteiger partial charge on any atom is 0.270 e. The molecule has 0 fully saturated rings. The zero-order chi connectivity index (χ0) is 21.7. The van der Waals surface area contributed by atoms with Gasteiger partial charge in [-0.15, -0.1) is 11.3 Å². The summed E-state index contributed by atoms with van der Waals surface area (Å²) in [5, 5.41) is 17.5. The third-order valence-corrected chi connectivity index (χ3v) is 5.55. The normalized spacial score (nSPS) is 11.3. The Morgan fingerprint density at radius 2 is 1.72 bits per heavy atom. The van der Waals surface area contributed by atoms with Gasteiger partial charge in [0.1, 0.15) is 11.4 Å². The number of amides is 2. The van der Waals surface area contributed by atoms with Crippen LogP contribution in [0, 0.1) is 13.8 Å². The summed E-state index contributed by atoms with van der Waals surface area (Å²) in [5.41, 5.74) is 2.25. The largest absolute Gasteiger partial charge is 0.507 e. The van der Waals surface area contributed by atoms with Crippen LogP contribution in [-0.4, -0.2) is 52.0 Å². The minimum absolute atomic E-state index is 0.0834. The molecule has 29 heavy (non-hydrogen) atoms. The summed E-state index contributed by atoms with van der Waals surface area (Å²) in [6.07, 6.45) is 0. The lowest BCUT2D eigenvalue weighted by atomic mass is 10.0. The van der Waals surface area contributed by atoms with Crippen LogP contribution in [0.5, 0.6) is 5.75 Å². The van der Waals surface area contributed by atoms with Crippen molar-refractivity contribution in [3.8, 4) is 5.75 Å². The fraction of sp³-hybridized carbons (Fsp3) is 0.476. The van der Waals surface area contributed by atoms with Crippen molar-refractivity contribution in [1.29, 1.82) is 0 Å². The van der Waals surface area contributed by atoms with Gasteiger partial charge in [-0.1, -0.05) is 0 Å². The number of nitrogens with zero attached hydrogens (tertiary/aromatic N) is 2. The van der Waals surface area contributed by atoms with Gasteiger partial charge in [0.25, 0.3) is 11.8 Å². The first kappa shape index (κ1) is 22.8. The molecule has 0 radical (unpaired) electrons. The second-order valence-electron chi connectivity index (χ2n) is 7.63. The van der Waals surface area contributed by atoms with Gasteiger partial charge in [-0.05, 0) is 64.8 Å². The number of anilines is 1. The van der Waals surface area contributed by atoms with E-state index in [0.29, 0.717) is 23.8 Å². The van der Waals surface area contributed by atoms with Crippen LogP contribution in [0.4, 0.5) is 5.13 Å². The van der Waals surface area contributed by atoms with Crippen molar-refractivity contribution in [2.75, 3.05) is 18.4 Å². The number of hydrogen-bond donors (Lipinski definition) is 3. The summed E-state index contributed by atoms with van der Waals surface area (Å²) in [6, 6.07) is 3.99. The monoisotopic (exact) mass is 418 g/mol. The molecule has 2 rings (SSSR count). The average molecular weight is 419 g/mol. The highest BCUT2D eigenvalue weighted by Crippen LogP contribution is 2.24. The maximum atomic E-state index is 12.4. The molecule has 158 valence electrons. The fourth-order valence-corrected chi connectivity index (χ4v) is 3.77. The van der Waals surface area contributed by atoms with Gasteiger partial charge in [0.05, 0.1) is 5.56 Å². The molecule has 0 bridgehead atoms. The number of carbonyl (C=O) groups is 2. The molecule has 0 aliphatic rings. The molecule has 8 heteroatoms. The summed E-state index contributed by atoms with van der Waals surface area (Å²) in [6.45, 7) is 13.5. The molecule has 0 saturated carbocycles. The van der Waals surface area contributed by atoms with Gasteiger partial charge in [-0.3, -0.25) is 19.8 Å². The van der Waals surface area contributed by atoms with E-state index in [4.69, 9.17) is 0 Å². The molecule has 2 aromatic rings. The van der Waals surface area contributed by atoms with Crippen LogP contribution in [-0.2, 0) is 0 Å². The molecule has 0 atom stereocenters. The Morgan fingerprint density at radius 1 is 1.10 bits per heavy atom. The quantitative estimate of drug-likeness (QED) is 0.609. The Hall–Kier alpha value is -2.45. The Bertz CT molecular complexity index is 869. The highest BCUT2D eigenvalue weighted by Gasteiger charge is 2.17. The lowest BCUT2D eigenvalue weighted by molar-refractivity contribution is 0.0934. The number of aromatic nitrogens is 1. The standard InChI is InChI=1S/C21H30N4O3S/c1-12(2)25(13(3)4)8-7-22-20(28)17-11-29-21(23-17)24-19(27)16-9-14(5)15(6)10-18(16)26/h9-13,26H,7-8H2,1-6H3,(H,22,28)(H,23,24,27). The minimum atomic E-state index is -0.462. The highest BCUT2D eigenvalue weighted by molar-refractivity contribution is 7.14. The van der Waals surface area contributed by atoms with Gasteiger partial charge < -0.3 is 10.4 Å². The topological polar surface area (TPSA) is 94.6 Å². The van der Waals surface area contributed by atoms with Crippen molar-refractivity contribution < 1.29 is 14.7 Å². The third-order valence-electron chi connectivity index (χ3n) is 4.80. The Morgan fingerprint density at radius 3 is 2.34 bits per heavy atom. The second-order valence-corrected chi connectivity index (χ2v) is 8.48. The zero-order valence-corrected chi connectivity index (χ0v) is 18.7. The summed E-state index contributed by atoms with van der Waals surface area (Å²) >= 11 is 1.17. The van der Waals surface area contributed by atoms with Crippen molar-refractivity contribution >= 4 is 28.3 Å². The predicted molar refractivity (Wildman–Crippen MR) is 117 cm³/mol. The summed E-state index contributed by atoms with van der Waals surface area (Å²) in [5.74, 6) is -0.820. The number of phenols is 1. The van der Waals surface area contributed by atoms with Gasteiger partial charge in [0, 0.05) is 30.6 Å². The number of rotatable bonds is 8. The first-order chi connectivity index (χ1) is 13.6. The first-order valence-electron chi connectivity index (χ1n) is 9.71. The number of aromatic hydroxyl groups is 1. The molecule has 2 amide bonds. The number of benzene rings is 1. The van der Waals surface area contributed by atoms with Gasteiger partial charge in [0.15, 0.2) is 5.13 Å². The molecule has 1 heterocycles. The van der Waals surface area contributed by atoms with E-state index >= 15 is 0 Å². The van der Waals surface area contributed by atoms with E-state index in [0.717, 1.165) is 17.7 Å². The molecule has 0 saturated heterocycles. The van der Waals surface area contributed by atoms with Crippen molar-refractivity contribution in [3.05, 3.63) is 39.9 Å². The molecule has 1 aromatic carbocycles. The summed E-state index contributed by atoms with van der Waals surface area (Å²) in [7, 11) is 0. The average Bonchev–Trinajstić information content (AvgIpc) is 3.09. The molecule has 0 aliphatic heterocycles. The van der Waals surface area contributed by atoms with Crippen molar-refractivity contribution in [1.82, 2.24) is 15.2 Å². The number of aryl methyl sites for hydroxylation is 2. The van der Waals surface area contributed by atoms with Crippen LogP contribution in [0.3, 0.4) is 0 Å². The van der Waals surface area contributed by atoms with Gasteiger partial charge in [-0.25, -0.2) is 4.98 Å². The molecule has 0 spiro atoms.